The van der Waals surface area contributed by atoms with Crippen LogP contribution in [0.5, 0.6) is 5.75 Å². The zero-order valence-corrected chi connectivity index (χ0v) is 13.6. The van der Waals surface area contributed by atoms with Crippen molar-refractivity contribution in [2.45, 2.75) is 6.42 Å². The molecule has 0 atom stereocenters. The molecular formula is C20H20N2O2. The summed E-state index contributed by atoms with van der Waals surface area (Å²) in [7, 11) is 1.67. The highest BCUT2D eigenvalue weighted by Crippen LogP contribution is 2.21. The lowest BCUT2D eigenvalue weighted by molar-refractivity contribution is 0.252. The van der Waals surface area contributed by atoms with E-state index in [0.717, 1.165) is 23.2 Å². The van der Waals surface area contributed by atoms with Crippen molar-refractivity contribution in [2.75, 3.05) is 19.0 Å². The number of fused-ring (bicyclic) bond motifs is 1. The first kappa shape index (κ1) is 15.9. The molecule has 0 saturated carbocycles. The van der Waals surface area contributed by atoms with E-state index in [-0.39, 0.29) is 6.03 Å². The molecule has 0 aromatic heterocycles. The quantitative estimate of drug-likeness (QED) is 0.740. The number of hydrogen-bond donors (Lipinski definition) is 2. The van der Waals surface area contributed by atoms with Gasteiger partial charge in [0.1, 0.15) is 5.75 Å². The molecule has 3 rings (SSSR count). The minimum atomic E-state index is -0.188. The van der Waals surface area contributed by atoms with Gasteiger partial charge in [0.05, 0.1) is 7.11 Å². The van der Waals surface area contributed by atoms with Crippen LogP contribution in [0, 0.1) is 0 Å². The topological polar surface area (TPSA) is 50.4 Å². The first-order valence-electron chi connectivity index (χ1n) is 7.91. The molecule has 0 unspecified atom stereocenters. The van der Waals surface area contributed by atoms with Crippen LogP contribution in [-0.4, -0.2) is 19.7 Å². The van der Waals surface area contributed by atoms with Gasteiger partial charge in [0.25, 0.3) is 0 Å². The van der Waals surface area contributed by atoms with Crippen LogP contribution in [-0.2, 0) is 6.42 Å². The van der Waals surface area contributed by atoms with E-state index in [0.29, 0.717) is 6.54 Å². The number of carbonyl (C=O) groups is 1. The summed E-state index contributed by atoms with van der Waals surface area (Å²) in [4.78, 5) is 11.8. The second kappa shape index (κ2) is 7.51. The van der Waals surface area contributed by atoms with Crippen LogP contribution >= 0.6 is 0 Å². The van der Waals surface area contributed by atoms with Gasteiger partial charge < -0.3 is 15.4 Å². The molecule has 0 aliphatic carbocycles. The van der Waals surface area contributed by atoms with Crippen LogP contribution in [0.1, 0.15) is 5.56 Å². The van der Waals surface area contributed by atoms with Gasteiger partial charge in [0.15, 0.2) is 0 Å². The molecule has 0 aliphatic rings. The summed E-state index contributed by atoms with van der Waals surface area (Å²) in [5, 5.41) is 8.00. The van der Waals surface area contributed by atoms with Gasteiger partial charge in [-0.2, -0.15) is 0 Å². The Kier molecular flexibility index (Phi) is 4.96. The Morgan fingerprint density at radius 2 is 1.71 bits per heavy atom. The molecule has 0 aliphatic heterocycles. The Morgan fingerprint density at radius 1 is 0.958 bits per heavy atom. The molecule has 3 aromatic rings. The maximum Gasteiger partial charge on any atom is 0.319 e. The smallest absolute Gasteiger partial charge is 0.319 e. The van der Waals surface area contributed by atoms with Crippen LogP contribution in [0.3, 0.4) is 0 Å². The molecule has 4 nitrogen and oxygen atoms in total. The number of urea groups is 1. The van der Waals surface area contributed by atoms with Crippen molar-refractivity contribution in [1.29, 1.82) is 0 Å². The van der Waals surface area contributed by atoms with E-state index >= 15 is 0 Å². The van der Waals surface area contributed by atoms with Crippen molar-refractivity contribution in [3.63, 3.8) is 0 Å². The lowest BCUT2D eigenvalue weighted by Crippen LogP contribution is -2.30. The van der Waals surface area contributed by atoms with E-state index in [1.165, 1.54) is 10.9 Å². The van der Waals surface area contributed by atoms with Gasteiger partial charge in [-0.1, -0.05) is 42.5 Å². The Bertz CT molecular complexity index is 831. The van der Waals surface area contributed by atoms with E-state index in [4.69, 9.17) is 4.74 Å². The Balaban J connectivity index is 1.54. The first-order valence-corrected chi connectivity index (χ1v) is 7.91. The summed E-state index contributed by atoms with van der Waals surface area (Å²) in [5.41, 5.74) is 1.97. The van der Waals surface area contributed by atoms with Crippen LogP contribution in [0.4, 0.5) is 10.5 Å². The predicted octanol–water partition coefficient (Wildman–Crippen LogP) is 4.21. The van der Waals surface area contributed by atoms with Crippen LogP contribution < -0.4 is 15.4 Å². The molecule has 0 radical (unpaired) electrons. The van der Waals surface area contributed by atoms with Gasteiger partial charge in [-0.15, -0.1) is 0 Å². The number of hydrogen-bond acceptors (Lipinski definition) is 2. The van der Waals surface area contributed by atoms with Gasteiger partial charge in [0.2, 0.25) is 0 Å². The molecule has 0 heterocycles. The number of para-hydroxylation sites is 1. The zero-order valence-electron chi connectivity index (χ0n) is 13.6. The molecule has 0 fully saturated rings. The SMILES string of the molecule is COc1ccc2cc(CCNC(=O)Nc3ccccc3)ccc2c1. The number of carbonyl (C=O) groups excluding carboxylic acids is 1. The normalized spacial score (nSPS) is 10.4. The molecule has 122 valence electrons. The van der Waals surface area contributed by atoms with Crippen molar-refractivity contribution in [1.82, 2.24) is 5.32 Å². The highest BCUT2D eigenvalue weighted by molar-refractivity contribution is 5.89. The van der Waals surface area contributed by atoms with E-state index in [1.807, 2.05) is 48.5 Å². The zero-order chi connectivity index (χ0) is 16.8. The summed E-state index contributed by atoms with van der Waals surface area (Å²) >= 11 is 0. The fourth-order valence-corrected chi connectivity index (χ4v) is 2.57. The largest absolute Gasteiger partial charge is 0.497 e. The van der Waals surface area contributed by atoms with Gasteiger partial charge in [-0.05, 0) is 47.0 Å². The molecule has 2 amide bonds. The highest BCUT2D eigenvalue weighted by atomic mass is 16.5. The monoisotopic (exact) mass is 320 g/mol. The van der Waals surface area contributed by atoms with Crippen molar-refractivity contribution in [3.8, 4) is 5.75 Å². The van der Waals surface area contributed by atoms with E-state index in [1.54, 1.807) is 7.11 Å². The summed E-state index contributed by atoms with van der Waals surface area (Å²) in [6.45, 7) is 0.584. The average Bonchev–Trinajstić information content (AvgIpc) is 2.62. The number of rotatable bonds is 5. The summed E-state index contributed by atoms with van der Waals surface area (Å²) < 4.78 is 5.24. The van der Waals surface area contributed by atoms with E-state index < -0.39 is 0 Å². The second-order valence-corrected chi connectivity index (χ2v) is 5.54. The first-order chi connectivity index (χ1) is 11.7. The van der Waals surface area contributed by atoms with Gasteiger partial charge >= 0.3 is 6.03 Å². The Labute approximate surface area is 141 Å². The van der Waals surface area contributed by atoms with E-state index in [2.05, 4.69) is 28.8 Å². The number of nitrogens with one attached hydrogen (secondary N) is 2. The average molecular weight is 320 g/mol. The fraction of sp³-hybridized carbons (Fsp3) is 0.150. The van der Waals surface area contributed by atoms with Crippen molar-refractivity contribution in [3.05, 3.63) is 72.3 Å². The molecule has 4 heteroatoms. The minimum Gasteiger partial charge on any atom is -0.497 e. The maximum absolute atomic E-state index is 11.8. The summed E-state index contributed by atoms with van der Waals surface area (Å²) in [6, 6.07) is 21.6. The third-order valence-electron chi connectivity index (χ3n) is 3.84. The Hall–Kier alpha value is -3.01. The number of amides is 2. The summed E-state index contributed by atoms with van der Waals surface area (Å²) in [5.74, 6) is 0.856. The number of anilines is 1. The molecule has 0 saturated heterocycles. The standard InChI is InChI=1S/C20H20N2O2/c1-24-19-10-9-16-13-15(7-8-17(16)14-19)11-12-21-20(23)22-18-5-3-2-4-6-18/h2-10,13-14H,11-12H2,1H3,(H2,21,22,23). The van der Waals surface area contributed by atoms with Crippen molar-refractivity contribution < 1.29 is 9.53 Å². The number of ether oxygens (including phenoxy) is 1. The fourth-order valence-electron chi connectivity index (χ4n) is 2.57. The third kappa shape index (κ3) is 4.04. The lowest BCUT2D eigenvalue weighted by atomic mass is 10.0. The molecule has 0 bridgehead atoms. The molecule has 3 aromatic carbocycles. The third-order valence-corrected chi connectivity index (χ3v) is 3.84. The summed E-state index contributed by atoms with van der Waals surface area (Å²) in [6.07, 6.45) is 0.782. The molecule has 24 heavy (non-hydrogen) atoms. The maximum atomic E-state index is 11.8. The lowest BCUT2D eigenvalue weighted by Gasteiger charge is -2.08. The van der Waals surface area contributed by atoms with Gasteiger partial charge in [0, 0.05) is 12.2 Å². The van der Waals surface area contributed by atoms with E-state index in [9.17, 15) is 4.79 Å². The predicted molar refractivity (Wildman–Crippen MR) is 97.7 cm³/mol. The minimum absolute atomic E-state index is 0.188. The highest BCUT2D eigenvalue weighted by Gasteiger charge is 2.02. The van der Waals surface area contributed by atoms with Crippen LogP contribution in [0.2, 0.25) is 0 Å². The number of benzene rings is 3. The van der Waals surface area contributed by atoms with Crippen molar-refractivity contribution in [2.24, 2.45) is 0 Å². The van der Waals surface area contributed by atoms with Gasteiger partial charge in [-0.25, -0.2) is 4.79 Å². The molecular weight excluding hydrogens is 300 g/mol. The van der Waals surface area contributed by atoms with Crippen LogP contribution in [0.15, 0.2) is 66.7 Å². The molecule has 2 N–H and O–H groups in total. The number of methoxy groups -OCH3 is 1. The Morgan fingerprint density at radius 3 is 2.50 bits per heavy atom. The van der Waals surface area contributed by atoms with Crippen LogP contribution in [0.25, 0.3) is 10.8 Å². The second-order valence-electron chi connectivity index (χ2n) is 5.54. The van der Waals surface area contributed by atoms with Gasteiger partial charge in [-0.3, -0.25) is 0 Å². The molecule has 0 spiro atoms. The van der Waals surface area contributed by atoms with Crippen molar-refractivity contribution >= 4 is 22.5 Å².